The number of hydrogen-bond acceptors (Lipinski definition) is 2. The van der Waals surface area contributed by atoms with Gasteiger partial charge in [0.25, 0.3) is 0 Å². The smallest absolute Gasteiger partial charge is 0.303 e. The van der Waals surface area contributed by atoms with Crippen LogP contribution >= 0.6 is 0 Å². The topological polar surface area (TPSA) is 26.3 Å². The number of allylic oxidation sites excluding steroid dienone is 1. The van der Waals surface area contributed by atoms with Crippen molar-refractivity contribution in [3.63, 3.8) is 0 Å². The first-order valence-electron chi connectivity index (χ1n) is 5.48. The van der Waals surface area contributed by atoms with Crippen molar-refractivity contribution in [1.82, 2.24) is 0 Å². The van der Waals surface area contributed by atoms with Gasteiger partial charge in [-0.3, -0.25) is 4.79 Å². The highest BCUT2D eigenvalue weighted by atomic mass is 16.6. The normalized spacial score (nSPS) is 26.2. The number of ether oxygens (including phenoxy) is 1. The van der Waals surface area contributed by atoms with Gasteiger partial charge in [-0.15, -0.1) is 0 Å². The minimum Gasteiger partial charge on any atom is -0.455 e. The number of carbonyl (C=O) groups excluding carboxylic acids is 1. The van der Waals surface area contributed by atoms with E-state index in [4.69, 9.17) is 4.74 Å². The van der Waals surface area contributed by atoms with Crippen LogP contribution in [0.5, 0.6) is 0 Å². The molecule has 2 heteroatoms. The zero-order valence-corrected chi connectivity index (χ0v) is 9.91. The Morgan fingerprint density at radius 1 is 1.25 bits per heavy atom. The Morgan fingerprint density at radius 2 is 1.88 bits per heavy atom. The van der Waals surface area contributed by atoms with Crippen LogP contribution in [0.3, 0.4) is 0 Å². The van der Waals surface area contributed by atoms with Crippen LogP contribution in [0.1, 0.15) is 32.8 Å². The van der Waals surface area contributed by atoms with Crippen LogP contribution in [-0.2, 0) is 9.53 Å². The van der Waals surface area contributed by atoms with Gasteiger partial charge < -0.3 is 4.74 Å². The van der Waals surface area contributed by atoms with E-state index in [2.05, 4.69) is 19.1 Å². The van der Waals surface area contributed by atoms with E-state index < -0.39 is 0 Å². The molecule has 1 atom stereocenters. The molecule has 0 N–H and O–H groups in total. The molecule has 1 aromatic rings. The molecule has 0 aliphatic heterocycles. The van der Waals surface area contributed by atoms with E-state index in [0.29, 0.717) is 0 Å². The van der Waals surface area contributed by atoms with Gasteiger partial charge in [0.15, 0.2) is 0 Å². The van der Waals surface area contributed by atoms with Gasteiger partial charge in [0.1, 0.15) is 5.60 Å². The first kappa shape index (κ1) is 10.9. The fourth-order valence-corrected chi connectivity index (χ4v) is 2.10. The Bertz CT molecular complexity index is 445. The second-order valence-electron chi connectivity index (χ2n) is 4.47. The molecule has 0 unspecified atom stereocenters. The molecule has 0 amide bonds. The Balaban J connectivity index is 2.24. The van der Waals surface area contributed by atoms with Crippen LogP contribution in [0.2, 0.25) is 0 Å². The highest BCUT2D eigenvalue weighted by Crippen LogP contribution is 2.49. The van der Waals surface area contributed by atoms with Crippen molar-refractivity contribution in [1.29, 1.82) is 0 Å². The van der Waals surface area contributed by atoms with Crippen molar-refractivity contribution in [2.75, 3.05) is 0 Å². The zero-order chi connectivity index (χ0) is 11.8. The summed E-state index contributed by atoms with van der Waals surface area (Å²) in [6.45, 7) is 5.51. The molecule has 1 fully saturated rings. The number of hydrogen-bond donors (Lipinski definition) is 0. The van der Waals surface area contributed by atoms with E-state index in [1.807, 2.05) is 25.1 Å². The largest absolute Gasteiger partial charge is 0.455 e. The van der Waals surface area contributed by atoms with E-state index in [1.165, 1.54) is 23.6 Å². The predicted molar refractivity (Wildman–Crippen MR) is 63.8 cm³/mol. The van der Waals surface area contributed by atoms with Gasteiger partial charge in [-0.1, -0.05) is 30.3 Å². The average molecular weight is 216 g/mol. The van der Waals surface area contributed by atoms with Gasteiger partial charge in [-0.25, -0.2) is 0 Å². The third-order valence-corrected chi connectivity index (χ3v) is 3.06. The highest BCUT2D eigenvalue weighted by molar-refractivity contribution is 5.76. The van der Waals surface area contributed by atoms with E-state index in [-0.39, 0.29) is 11.6 Å². The van der Waals surface area contributed by atoms with Crippen LogP contribution in [0.15, 0.2) is 35.9 Å². The fraction of sp³-hybridized carbons (Fsp3) is 0.357. The lowest BCUT2D eigenvalue weighted by Crippen LogP contribution is -2.13. The lowest BCUT2D eigenvalue weighted by molar-refractivity contribution is -0.146. The molecule has 0 bridgehead atoms. The summed E-state index contributed by atoms with van der Waals surface area (Å²) >= 11 is 0. The maximum atomic E-state index is 11.0. The van der Waals surface area contributed by atoms with Crippen LogP contribution < -0.4 is 0 Å². The molecule has 1 aliphatic carbocycles. The molecule has 16 heavy (non-hydrogen) atoms. The number of benzene rings is 1. The van der Waals surface area contributed by atoms with Crippen molar-refractivity contribution >= 4 is 11.5 Å². The summed E-state index contributed by atoms with van der Waals surface area (Å²) < 4.78 is 5.31. The second kappa shape index (κ2) is 3.78. The van der Waals surface area contributed by atoms with Gasteiger partial charge in [0.05, 0.1) is 0 Å². The molecule has 2 rings (SSSR count). The van der Waals surface area contributed by atoms with E-state index in [9.17, 15) is 4.79 Å². The summed E-state index contributed by atoms with van der Waals surface area (Å²) in [4.78, 5) is 11.0. The van der Waals surface area contributed by atoms with Gasteiger partial charge >= 0.3 is 5.97 Å². The van der Waals surface area contributed by atoms with Crippen LogP contribution in [-0.4, -0.2) is 11.6 Å². The summed E-state index contributed by atoms with van der Waals surface area (Å²) in [6.07, 6.45) is 0.854. The van der Waals surface area contributed by atoms with Crippen molar-refractivity contribution in [2.24, 2.45) is 0 Å². The summed E-state index contributed by atoms with van der Waals surface area (Å²) in [5.41, 5.74) is 3.30. The summed E-state index contributed by atoms with van der Waals surface area (Å²) in [6, 6.07) is 10.2. The molecule has 2 nitrogen and oxygen atoms in total. The zero-order valence-electron chi connectivity index (χ0n) is 9.91. The van der Waals surface area contributed by atoms with Gasteiger partial charge in [-0.05, 0) is 30.6 Å². The Morgan fingerprint density at radius 3 is 2.44 bits per heavy atom. The molecular formula is C14H16O2. The quantitative estimate of drug-likeness (QED) is 0.710. The average Bonchev–Trinajstić information content (AvgIpc) is 2.89. The van der Waals surface area contributed by atoms with Gasteiger partial charge in [-0.2, -0.15) is 0 Å². The standard InChI is InChI=1S/C14H16O2/c1-10(12-7-5-4-6-8-12)13-9-14(13,3)16-11(2)15/h4-8H,9H2,1-3H3/b13-10-/t14-/m0/s1. The van der Waals surface area contributed by atoms with Crippen molar-refractivity contribution < 1.29 is 9.53 Å². The third kappa shape index (κ3) is 2.01. The highest BCUT2D eigenvalue weighted by Gasteiger charge is 2.49. The van der Waals surface area contributed by atoms with Crippen LogP contribution in [0.4, 0.5) is 0 Å². The molecule has 1 aliphatic rings. The lowest BCUT2D eigenvalue weighted by Gasteiger charge is -2.09. The monoisotopic (exact) mass is 216 g/mol. The molecule has 0 spiro atoms. The Kier molecular flexibility index (Phi) is 2.58. The van der Waals surface area contributed by atoms with E-state index in [1.54, 1.807) is 0 Å². The predicted octanol–water partition coefficient (Wildman–Crippen LogP) is 3.19. The number of carbonyl (C=O) groups is 1. The lowest BCUT2D eigenvalue weighted by atomic mass is 10.1. The number of rotatable bonds is 2. The van der Waals surface area contributed by atoms with Crippen molar-refractivity contribution in [2.45, 2.75) is 32.8 Å². The first-order valence-corrected chi connectivity index (χ1v) is 5.48. The molecular weight excluding hydrogens is 200 g/mol. The maximum absolute atomic E-state index is 11.0. The second-order valence-corrected chi connectivity index (χ2v) is 4.47. The molecule has 0 heterocycles. The fourth-order valence-electron chi connectivity index (χ4n) is 2.10. The van der Waals surface area contributed by atoms with Crippen molar-refractivity contribution in [3.05, 3.63) is 41.5 Å². The van der Waals surface area contributed by atoms with Crippen LogP contribution in [0, 0.1) is 0 Å². The SMILES string of the molecule is CC(=O)O[C@@]1(C)C/C1=C(\C)c1ccccc1. The molecule has 84 valence electrons. The summed E-state index contributed by atoms with van der Waals surface area (Å²) in [5.74, 6) is -0.210. The molecule has 0 aromatic heterocycles. The molecule has 1 saturated carbocycles. The van der Waals surface area contributed by atoms with Gasteiger partial charge in [0.2, 0.25) is 0 Å². The summed E-state index contributed by atoms with van der Waals surface area (Å²) in [5, 5.41) is 0. The third-order valence-electron chi connectivity index (χ3n) is 3.06. The van der Waals surface area contributed by atoms with Crippen LogP contribution in [0.25, 0.3) is 5.57 Å². The maximum Gasteiger partial charge on any atom is 0.303 e. The minimum atomic E-state index is -0.355. The molecule has 1 aromatic carbocycles. The Hall–Kier alpha value is -1.57. The molecule has 0 saturated heterocycles. The first-order chi connectivity index (χ1) is 7.53. The van der Waals surface area contributed by atoms with Gasteiger partial charge in [0, 0.05) is 13.3 Å². The van der Waals surface area contributed by atoms with Crippen molar-refractivity contribution in [3.8, 4) is 0 Å². The van der Waals surface area contributed by atoms with E-state index >= 15 is 0 Å². The minimum absolute atomic E-state index is 0.210. The Labute approximate surface area is 95.9 Å². The summed E-state index contributed by atoms with van der Waals surface area (Å²) in [7, 11) is 0. The number of esters is 1. The molecule has 0 radical (unpaired) electrons. The van der Waals surface area contributed by atoms with E-state index in [0.717, 1.165) is 6.42 Å².